The van der Waals surface area contributed by atoms with E-state index in [2.05, 4.69) is 62.2 Å². The molecule has 1 fully saturated rings. The van der Waals surface area contributed by atoms with Gasteiger partial charge in [0.25, 0.3) is 0 Å². The molecule has 1 aliphatic rings. The van der Waals surface area contributed by atoms with Crippen LogP contribution < -0.4 is 15.0 Å². The molecule has 3 heterocycles. The van der Waals surface area contributed by atoms with E-state index in [9.17, 15) is 0 Å². The Kier molecular flexibility index (Phi) is 7.00. The third kappa shape index (κ3) is 5.30. The summed E-state index contributed by atoms with van der Waals surface area (Å²) in [5, 5.41) is 3.36. The predicted molar refractivity (Wildman–Crippen MR) is 113 cm³/mol. The third-order valence-corrected chi connectivity index (χ3v) is 4.88. The molecule has 1 aliphatic heterocycles. The highest BCUT2D eigenvalue weighted by Gasteiger charge is 2.16. The minimum absolute atomic E-state index is 0.647. The van der Waals surface area contributed by atoms with Crippen LogP contribution in [-0.4, -0.2) is 92.3 Å². The molecule has 3 rings (SSSR count). The van der Waals surface area contributed by atoms with Crippen molar-refractivity contribution in [3.05, 3.63) is 24.5 Å². The standard InChI is InChI=1S/C20H31N7O/c1-25(2)9-5-8-21-20-17(28-4)15-23-19(24-20)16-6-7-18(22-14-16)27-12-10-26(3)11-13-27/h6-7,14-15H,5,8-13H2,1-4H3,(H,21,23,24). The summed E-state index contributed by atoms with van der Waals surface area (Å²) in [6, 6.07) is 4.09. The van der Waals surface area contributed by atoms with E-state index in [1.54, 1.807) is 13.3 Å². The number of nitrogens with one attached hydrogen (secondary N) is 1. The van der Waals surface area contributed by atoms with Gasteiger partial charge >= 0.3 is 0 Å². The minimum atomic E-state index is 0.647. The Bertz CT molecular complexity index is 743. The van der Waals surface area contributed by atoms with E-state index in [-0.39, 0.29) is 0 Å². The van der Waals surface area contributed by atoms with Crippen LogP contribution >= 0.6 is 0 Å². The average Bonchev–Trinajstić information content (AvgIpc) is 2.71. The van der Waals surface area contributed by atoms with Crippen LogP contribution in [0.2, 0.25) is 0 Å². The largest absolute Gasteiger partial charge is 0.491 e. The molecule has 1 N–H and O–H groups in total. The number of piperazine rings is 1. The van der Waals surface area contributed by atoms with Crippen molar-refractivity contribution < 1.29 is 4.74 Å². The molecule has 0 spiro atoms. The Morgan fingerprint density at radius 2 is 1.89 bits per heavy atom. The topological polar surface area (TPSA) is 69.6 Å². The lowest BCUT2D eigenvalue weighted by molar-refractivity contribution is 0.312. The van der Waals surface area contributed by atoms with Crippen molar-refractivity contribution in [1.82, 2.24) is 24.8 Å². The van der Waals surface area contributed by atoms with Gasteiger partial charge in [-0.1, -0.05) is 0 Å². The van der Waals surface area contributed by atoms with Crippen molar-refractivity contribution in [3.63, 3.8) is 0 Å². The van der Waals surface area contributed by atoms with E-state index in [4.69, 9.17) is 4.74 Å². The van der Waals surface area contributed by atoms with Crippen LogP contribution in [0.4, 0.5) is 11.6 Å². The van der Waals surface area contributed by atoms with Gasteiger partial charge in [0.05, 0.1) is 13.3 Å². The molecule has 0 bridgehead atoms. The molecule has 28 heavy (non-hydrogen) atoms. The van der Waals surface area contributed by atoms with Crippen LogP contribution in [0.3, 0.4) is 0 Å². The Morgan fingerprint density at radius 1 is 1.11 bits per heavy atom. The van der Waals surface area contributed by atoms with Crippen LogP contribution in [0.1, 0.15) is 6.42 Å². The van der Waals surface area contributed by atoms with Crippen LogP contribution in [0.15, 0.2) is 24.5 Å². The monoisotopic (exact) mass is 385 g/mol. The molecule has 0 atom stereocenters. The molecule has 0 aliphatic carbocycles. The quantitative estimate of drug-likeness (QED) is 0.688. The molecule has 0 unspecified atom stereocenters. The van der Waals surface area contributed by atoms with Gasteiger partial charge in [-0.3, -0.25) is 0 Å². The maximum Gasteiger partial charge on any atom is 0.179 e. The fourth-order valence-corrected chi connectivity index (χ4v) is 3.13. The highest BCUT2D eigenvalue weighted by molar-refractivity contribution is 5.61. The molecule has 0 saturated carbocycles. The van der Waals surface area contributed by atoms with Crippen molar-refractivity contribution in [2.45, 2.75) is 6.42 Å². The second-order valence-electron chi connectivity index (χ2n) is 7.39. The first-order chi connectivity index (χ1) is 13.6. The van der Waals surface area contributed by atoms with E-state index in [0.717, 1.165) is 62.9 Å². The average molecular weight is 386 g/mol. The number of hydrogen-bond donors (Lipinski definition) is 1. The number of aromatic nitrogens is 3. The zero-order valence-corrected chi connectivity index (χ0v) is 17.4. The Balaban J connectivity index is 1.69. The van der Waals surface area contributed by atoms with Crippen LogP contribution in [0, 0.1) is 0 Å². The van der Waals surface area contributed by atoms with Crippen molar-refractivity contribution in [1.29, 1.82) is 0 Å². The Morgan fingerprint density at radius 3 is 2.54 bits per heavy atom. The fourth-order valence-electron chi connectivity index (χ4n) is 3.13. The van der Waals surface area contributed by atoms with Crippen molar-refractivity contribution in [2.75, 3.05) is 77.7 Å². The summed E-state index contributed by atoms with van der Waals surface area (Å²) in [5.74, 6) is 3.02. The van der Waals surface area contributed by atoms with E-state index in [1.807, 2.05) is 12.3 Å². The zero-order valence-electron chi connectivity index (χ0n) is 17.4. The number of pyridine rings is 1. The summed E-state index contributed by atoms with van der Waals surface area (Å²) in [4.78, 5) is 20.6. The molecule has 0 amide bonds. The van der Waals surface area contributed by atoms with E-state index in [0.29, 0.717) is 11.6 Å². The SMILES string of the molecule is COc1cnc(-c2ccc(N3CCN(C)CC3)nc2)nc1NCCCN(C)C. The predicted octanol–water partition coefficient (Wildman–Crippen LogP) is 1.66. The fraction of sp³-hybridized carbons (Fsp3) is 0.550. The first-order valence-corrected chi connectivity index (χ1v) is 9.76. The van der Waals surface area contributed by atoms with Crippen LogP contribution in [-0.2, 0) is 0 Å². The molecule has 2 aromatic rings. The van der Waals surface area contributed by atoms with Gasteiger partial charge in [0.15, 0.2) is 17.4 Å². The summed E-state index contributed by atoms with van der Waals surface area (Å²) in [6.45, 7) is 5.98. The van der Waals surface area contributed by atoms with Gasteiger partial charge in [-0.15, -0.1) is 0 Å². The lowest BCUT2D eigenvalue weighted by atomic mass is 10.2. The summed E-state index contributed by atoms with van der Waals surface area (Å²) >= 11 is 0. The summed E-state index contributed by atoms with van der Waals surface area (Å²) < 4.78 is 5.40. The summed E-state index contributed by atoms with van der Waals surface area (Å²) in [7, 11) is 7.93. The number of rotatable bonds is 8. The molecule has 2 aromatic heterocycles. The highest BCUT2D eigenvalue weighted by atomic mass is 16.5. The normalized spacial score (nSPS) is 15.1. The van der Waals surface area contributed by atoms with Gasteiger partial charge in [0, 0.05) is 44.5 Å². The van der Waals surface area contributed by atoms with Crippen molar-refractivity contribution >= 4 is 11.6 Å². The second kappa shape index (κ2) is 9.66. The smallest absolute Gasteiger partial charge is 0.179 e. The number of ether oxygens (including phenoxy) is 1. The van der Waals surface area contributed by atoms with Gasteiger partial charge in [-0.25, -0.2) is 15.0 Å². The Hall–Kier alpha value is -2.45. The van der Waals surface area contributed by atoms with Crippen LogP contribution in [0.5, 0.6) is 5.75 Å². The van der Waals surface area contributed by atoms with E-state index in [1.165, 1.54) is 0 Å². The molecular formula is C20H31N7O. The van der Waals surface area contributed by atoms with Crippen molar-refractivity contribution in [3.8, 4) is 17.1 Å². The molecule has 0 radical (unpaired) electrons. The molecule has 0 aromatic carbocycles. The van der Waals surface area contributed by atoms with E-state index < -0.39 is 0 Å². The Labute approximate surface area is 167 Å². The first-order valence-electron chi connectivity index (χ1n) is 9.76. The molecule has 152 valence electrons. The number of anilines is 2. The number of likely N-dealkylation sites (N-methyl/N-ethyl adjacent to an activating group) is 1. The molecule has 1 saturated heterocycles. The summed E-state index contributed by atoms with van der Waals surface area (Å²) in [6.07, 6.45) is 4.59. The van der Waals surface area contributed by atoms with Gasteiger partial charge in [-0.05, 0) is 46.2 Å². The maximum atomic E-state index is 5.40. The van der Waals surface area contributed by atoms with Crippen LogP contribution in [0.25, 0.3) is 11.4 Å². The van der Waals surface area contributed by atoms with Gasteiger partial charge < -0.3 is 24.8 Å². The zero-order chi connectivity index (χ0) is 19.9. The lowest BCUT2D eigenvalue weighted by Crippen LogP contribution is -2.44. The second-order valence-corrected chi connectivity index (χ2v) is 7.39. The van der Waals surface area contributed by atoms with Gasteiger partial charge in [-0.2, -0.15) is 0 Å². The third-order valence-electron chi connectivity index (χ3n) is 4.88. The van der Waals surface area contributed by atoms with Gasteiger partial charge in [0.2, 0.25) is 0 Å². The lowest BCUT2D eigenvalue weighted by Gasteiger charge is -2.33. The van der Waals surface area contributed by atoms with E-state index >= 15 is 0 Å². The highest BCUT2D eigenvalue weighted by Crippen LogP contribution is 2.25. The van der Waals surface area contributed by atoms with Gasteiger partial charge in [0.1, 0.15) is 5.82 Å². The number of nitrogens with zero attached hydrogens (tertiary/aromatic N) is 6. The first kappa shape index (κ1) is 20.3. The minimum Gasteiger partial charge on any atom is -0.491 e. The number of hydrogen-bond acceptors (Lipinski definition) is 8. The maximum absolute atomic E-state index is 5.40. The molecule has 8 heteroatoms. The molecular weight excluding hydrogens is 354 g/mol. The van der Waals surface area contributed by atoms with Crippen molar-refractivity contribution in [2.24, 2.45) is 0 Å². The number of methoxy groups -OCH3 is 1. The summed E-state index contributed by atoms with van der Waals surface area (Å²) in [5.41, 5.74) is 0.900. The molecule has 8 nitrogen and oxygen atoms in total.